The Morgan fingerprint density at radius 1 is 1.00 bits per heavy atom. The summed E-state index contributed by atoms with van der Waals surface area (Å²) < 4.78 is 6.20. The Kier molecular flexibility index (Phi) is 5.32. The van der Waals surface area contributed by atoms with E-state index in [-0.39, 0.29) is 5.91 Å². The molecule has 4 rings (SSSR count). The van der Waals surface area contributed by atoms with Crippen molar-refractivity contribution in [2.45, 2.75) is 6.92 Å². The minimum Gasteiger partial charge on any atom is -0.497 e. The molecular weight excluding hydrogens is 428 g/mol. The fourth-order valence-corrected chi connectivity index (χ4v) is 3.55. The van der Waals surface area contributed by atoms with Gasteiger partial charge in [-0.2, -0.15) is 0 Å². The van der Waals surface area contributed by atoms with Crippen LogP contribution in [0.5, 0.6) is 5.75 Å². The van der Waals surface area contributed by atoms with Gasteiger partial charge in [-0.1, -0.05) is 45.8 Å². The fourth-order valence-electron chi connectivity index (χ4n) is 3.14. The third-order valence-corrected chi connectivity index (χ3v) is 5.15. The van der Waals surface area contributed by atoms with Gasteiger partial charge in [-0.15, -0.1) is 0 Å². The van der Waals surface area contributed by atoms with Gasteiger partial charge in [-0.25, -0.2) is 4.99 Å². The van der Waals surface area contributed by atoms with Crippen LogP contribution in [0.4, 0.5) is 5.69 Å². The number of aliphatic imine (C=N–C) groups is 1. The average Bonchev–Trinajstić information content (AvgIpc) is 3.05. The van der Waals surface area contributed by atoms with Crippen LogP contribution in [0.25, 0.3) is 6.08 Å². The number of anilines is 1. The molecule has 3 aromatic rings. The number of amidine groups is 1. The summed E-state index contributed by atoms with van der Waals surface area (Å²) in [4.78, 5) is 19.6. The summed E-state index contributed by atoms with van der Waals surface area (Å²) in [7, 11) is 1.63. The molecule has 4 nitrogen and oxygen atoms in total. The second kappa shape index (κ2) is 8.05. The lowest BCUT2D eigenvalue weighted by molar-refractivity contribution is -0.113. The molecule has 0 unspecified atom stereocenters. The van der Waals surface area contributed by atoms with Crippen molar-refractivity contribution in [3.63, 3.8) is 0 Å². The molecule has 5 heteroatoms. The molecule has 0 aromatic heterocycles. The van der Waals surface area contributed by atoms with E-state index < -0.39 is 0 Å². The quantitative estimate of drug-likeness (QED) is 0.489. The number of halogens is 1. The molecule has 29 heavy (non-hydrogen) atoms. The van der Waals surface area contributed by atoms with Gasteiger partial charge in [0.05, 0.1) is 12.8 Å². The van der Waals surface area contributed by atoms with Gasteiger partial charge in [0.15, 0.2) is 0 Å². The monoisotopic (exact) mass is 446 g/mol. The molecule has 3 aromatic carbocycles. The molecule has 1 aliphatic heterocycles. The average molecular weight is 447 g/mol. The molecule has 144 valence electrons. The smallest absolute Gasteiger partial charge is 0.282 e. The van der Waals surface area contributed by atoms with Crippen LogP contribution in [0.1, 0.15) is 16.7 Å². The number of ether oxygens (including phenoxy) is 1. The number of methoxy groups -OCH3 is 1. The van der Waals surface area contributed by atoms with Crippen molar-refractivity contribution < 1.29 is 9.53 Å². The van der Waals surface area contributed by atoms with E-state index in [1.165, 1.54) is 0 Å². The van der Waals surface area contributed by atoms with Crippen LogP contribution in [-0.2, 0) is 4.79 Å². The Labute approximate surface area is 178 Å². The number of hydrogen-bond donors (Lipinski definition) is 0. The van der Waals surface area contributed by atoms with Gasteiger partial charge in [0.25, 0.3) is 5.91 Å². The van der Waals surface area contributed by atoms with Crippen molar-refractivity contribution in [1.29, 1.82) is 0 Å². The molecule has 0 radical (unpaired) electrons. The standard InChI is InChI=1S/C24H19BrN2O2/c1-16-6-10-20(11-7-16)27-23(18-8-12-21(29-2)13-9-18)26-22(24(27)28)15-17-4-3-5-19(25)14-17/h3-15H,1-2H3/b22-15+. The molecule has 0 fully saturated rings. The van der Waals surface area contributed by atoms with Crippen molar-refractivity contribution in [1.82, 2.24) is 0 Å². The van der Waals surface area contributed by atoms with Crippen molar-refractivity contribution >= 4 is 39.4 Å². The van der Waals surface area contributed by atoms with Crippen LogP contribution in [0.2, 0.25) is 0 Å². The van der Waals surface area contributed by atoms with Gasteiger partial charge >= 0.3 is 0 Å². The van der Waals surface area contributed by atoms with Crippen molar-refractivity contribution in [2.75, 3.05) is 12.0 Å². The van der Waals surface area contributed by atoms with E-state index in [4.69, 9.17) is 9.73 Å². The SMILES string of the molecule is COc1ccc(C2=N/C(=C/c3cccc(Br)c3)C(=O)N2c2ccc(C)cc2)cc1. The Hall–Kier alpha value is -3.18. The van der Waals surface area contributed by atoms with E-state index in [2.05, 4.69) is 15.9 Å². The fraction of sp³-hybridized carbons (Fsp3) is 0.0833. The number of rotatable bonds is 4. The first-order valence-electron chi connectivity index (χ1n) is 9.16. The minimum absolute atomic E-state index is 0.153. The zero-order chi connectivity index (χ0) is 20.4. The normalized spacial score (nSPS) is 15.0. The molecule has 0 aliphatic carbocycles. The minimum atomic E-state index is -0.153. The highest BCUT2D eigenvalue weighted by Gasteiger charge is 2.32. The van der Waals surface area contributed by atoms with Crippen LogP contribution < -0.4 is 9.64 Å². The van der Waals surface area contributed by atoms with Gasteiger partial charge in [0.2, 0.25) is 0 Å². The zero-order valence-electron chi connectivity index (χ0n) is 16.1. The Morgan fingerprint density at radius 2 is 1.72 bits per heavy atom. The highest BCUT2D eigenvalue weighted by atomic mass is 79.9. The van der Waals surface area contributed by atoms with E-state index in [1.807, 2.05) is 85.8 Å². The number of aryl methyl sites for hydroxylation is 1. The van der Waals surface area contributed by atoms with Gasteiger partial charge in [0, 0.05) is 10.0 Å². The van der Waals surface area contributed by atoms with E-state index in [0.717, 1.165) is 32.6 Å². The maximum absolute atomic E-state index is 13.3. The van der Waals surface area contributed by atoms with Crippen molar-refractivity contribution in [2.24, 2.45) is 4.99 Å². The van der Waals surface area contributed by atoms with E-state index in [1.54, 1.807) is 12.0 Å². The third-order valence-electron chi connectivity index (χ3n) is 4.65. The summed E-state index contributed by atoms with van der Waals surface area (Å²) in [6.07, 6.45) is 1.81. The molecule has 0 saturated heterocycles. The number of carbonyl (C=O) groups excluding carboxylic acids is 1. The van der Waals surface area contributed by atoms with Gasteiger partial charge in [-0.3, -0.25) is 9.69 Å². The number of benzene rings is 3. The molecule has 0 saturated carbocycles. The molecule has 0 bridgehead atoms. The van der Waals surface area contributed by atoms with E-state index in [0.29, 0.717) is 11.5 Å². The molecule has 1 heterocycles. The predicted molar refractivity (Wildman–Crippen MR) is 120 cm³/mol. The number of carbonyl (C=O) groups is 1. The number of amides is 1. The highest BCUT2D eigenvalue weighted by Crippen LogP contribution is 2.29. The number of nitrogens with zero attached hydrogens (tertiary/aromatic N) is 2. The van der Waals surface area contributed by atoms with E-state index in [9.17, 15) is 4.79 Å². The van der Waals surface area contributed by atoms with Crippen molar-refractivity contribution in [3.8, 4) is 5.75 Å². The van der Waals surface area contributed by atoms with Gasteiger partial charge in [-0.05, 0) is 67.1 Å². The van der Waals surface area contributed by atoms with Crippen LogP contribution in [-0.4, -0.2) is 18.9 Å². The summed E-state index contributed by atoms with van der Waals surface area (Å²) in [6.45, 7) is 2.02. The Balaban J connectivity index is 1.81. The third kappa shape index (κ3) is 4.00. The predicted octanol–water partition coefficient (Wildman–Crippen LogP) is 5.60. The van der Waals surface area contributed by atoms with Gasteiger partial charge < -0.3 is 4.74 Å². The van der Waals surface area contributed by atoms with Crippen LogP contribution in [0.3, 0.4) is 0 Å². The van der Waals surface area contributed by atoms with Gasteiger partial charge in [0.1, 0.15) is 17.3 Å². The lowest BCUT2D eigenvalue weighted by Crippen LogP contribution is -2.32. The van der Waals surface area contributed by atoms with Crippen LogP contribution in [0, 0.1) is 6.92 Å². The van der Waals surface area contributed by atoms with E-state index >= 15 is 0 Å². The number of hydrogen-bond acceptors (Lipinski definition) is 3. The Morgan fingerprint density at radius 3 is 2.38 bits per heavy atom. The zero-order valence-corrected chi connectivity index (χ0v) is 17.7. The second-order valence-corrected chi connectivity index (χ2v) is 7.64. The first-order chi connectivity index (χ1) is 14.0. The molecule has 1 aliphatic rings. The molecule has 0 spiro atoms. The Bertz CT molecular complexity index is 1120. The largest absolute Gasteiger partial charge is 0.497 e. The molecular formula is C24H19BrN2O2. The van der Waals surface area contributed by atoms with Crippen molar-refractivity contribution in [3.05, 3.63) is 99.7 Å². The maximum Gasteiger partial charge on any atom is 0.282 e. The second-order valence-electron chi connectivity index (χ2n) is 6.72. The summed E-state index contributed by atoms with van der Waals surface area (Å²) in [5, 5.41) is 0. The van der Waals surface area contributed by atoms with Crippen LogP contribution >= 0.6 is 15.9 Å². The maximum atomic E-state index is 13.3. The lowest BCUT2D eigenvalue weighted by Gasteiger charge is -2.19. The summed E-state index contributed by atoms with van der Waals surface area (Å²) in [5.41, 5.74) is 4.07. The topological polar surface area (TPSA) is 41.9 Å². The molecule has 0 atom stereocenters. The highest BCUT2D eigenvalue weighted by molar-refractivity contribution is 9.10. The molecule has 1 amide bonds. The van der Waals surface area contributed by atoms with Crippen LogP contribution in [0.15, 0.2) is 88.0 Å². The first kappa shape index (κ1) is 19.2. The summed E-state index contributed by atoms with van der Waals surface area (Å²) in [5.74, 6) is 1.20. The molecule has 0 N–H and O–H groups in total. The lowest BCUT2D eigenvalue weighted by atomic mass is 10.1. The summed E-state index contributed by atoms with van der Waals surface area (Å²) >= 11 is 3.47. The first-order valence-corrected chi connectivity index (χ1v) is 9.96. The summed E-state index contributed by atoms with van der Waals surface area (Å²) in [6, 6.07) is 23.2.